The quantitative estimate of drug-likeness (QED) is 0.739. The lowest BCUT2D eigenvalue weighted by molar-refractivity contribution is -0.121. The Balaban J connectivity index is 0.00000196. The summed E-state index contributed by atoms with van der Waals surface area (Å²) in [7, 11) is 1.77. The molecule has 0 aromatic rings. The Morgan fingerprint density at radius 3 is 2.80 bits per heavy atom. The van der Waals surface area contributed by atoms with Crippen LogP contribution in [0.3, 0.4) is 0 Å². The Labute approximate surface area is 97.5 Å². The van der Waals surface area contributed by atoms with Crippen LogP contribution in [0.5, 0.6) is 0 Å². The van der Waals surface area contributed by atoms with Crippen LogP contribution in [-0.4, -0.2) is 38.3 Å². The van der Waals surface area contributed by atoms with E-state index in [-0.39, 0.29) is 30.5 Å². The van der Waals surface area contributed by atoms with Gasteiger partial charge in [-0.05, 0) is 26.3 Å². The minimum Gasteiger partial charge on any atom is -0.376 e. The Bertz CT molecular complexity index is 184. The predicted octanol–water partition coefficient (Wildman–Crippen LogP) is 0.701. The van der Waals surface area contributed by atoms with Gasteiger partial charge in [0.25, 0.3) is 0 Å². The maximum atomic E-state index is 11.3. The van der Waals surface area contributed by atoms with E-state index in [1.54, 1.807) is 7.05 Å². The fourth-order valence-electron chi connectivity index (χ4n) is 1.80. The van der Waals surface area contributed by atoms with Crippen LogP contribution in [0.1, 0.15) is 26.2 Å². The van der Waals surface area contributed by atoms with Crippen LogP contribution >= 0.6 is 12.4 Å². The lowest BCUT2D eigenvalue weighted by Crippen LogP contribution is -2.45. The molecule has 2 atom stereocenters. The predicted molar refractivity (Wildman–Crippen MR) is 62.4 cm³/mol. The number of likely N-dealkylation sites (N-methyl/N-ethyl adjacent to an activating group) is 1. The summed E-state index contributed by atoms with van der Waals surface area (Å²) < 4.78 is 5.55. The Kier molecular flexibility index (Phi) is 7.74. The smallest absolute Gasteiger partial charge is 0.234 e. The van der Waals surface area contributed by atoms with E-state index in [0.29, 0.717) is 6.54 Å². The van der Waals surface area contributed by atoms with Crippen LogP contribution in [0.4, 0.5) is 0 Å². The number of ether oxygens (including phenoxy) is 1. The van der Waals surface area contributed by atoms with Crippen molar-refractivity contribution in [1.82, 2.24) is 10.6 Å². The van der Waals surface area contributed by atoms with E-state index in [9.17, 15) is 4.79 Å². The summed E-state index contributed by atoms with van der Waals surface area (Å²) in [6, 6.07) is 0.179. The maximum absolute atomic E-state index is 11.3. The summed E-state index contributed by atoms with van der Waals surface area (Å²) in [5.41, 5.74) is 0. The molecule has 0 aliphatic carbocycles. The van der Waals surface area contributed by atoms with E-state index in [1.807, 2.05) is 0 Å². The van der Waals surface area contributed by atoms with E-state index < -0.39 is 0 Å². The number of amides is 1. The van der Waals surface area contributed by atoms with Gasteiger partial charge in [-0.25, -0.2) is 0 Å². The summed E-state index contributed by atoms with van der Waals surface area (Å²) in [6.45, 7) is 3.29. The van der Waals surface area contributed by atoms with Gasteiger partial charge in [0.05, 0.1) is 18.7 Å². The number of halogens is 1. The Hall–Kier alpha value is -0.320. The van der Waals surface area contributed by atoms with Crippen LogP contribution in [0, 0.1) is 0 Å². The summed E-state index contributed by atoms with van der Waals surface area (Å²) in [4.78, 5) is 11.3. The van der Waals surface area contributed by atoms with Crippen LogP contribution in [-0.2, 0) is 9.53 Å². The average Bonchev–Trinajstić information content (AvgIpc) is 2.67. The number of hydrogen-bond acceptors (Lipinski definition) is 3. The highest BCUT2D eigenvalue weighted by molar-refractivity contribution is 5.85. The topological polar surface area (TPSA) is 50.4 Å². The highest BCUT2D eigenvalue weighted by Crippen LogP contribution is 2.17. The number of nitrogens with one attached hydrogen (secondary N) is 2. The highest BCUT2D eigenvalue weighted by atomic mass is 35.5. The number of rotatable bonds is 5. The first-order chi connectivity index (χ1) is 6.77. The molecule has 5 heteroatoms. The molecule has 0 aromatic carbocycles. The minimum absolute atomic E-state index is 0. The van der Waals surface area contributed by atoms with Gasteiger partial charge in [-0.1, -0.05) is 6.92 Å². The van der Waals surface area contributed by atoms with Gasteiger partial charge in [0.1, 0.15) is 0 Å². The third-order valence-corrected chi connectivity index (χ3v) is 2.54. The van der Waals surface area contributed by atoms with Crippen LogP contribution < -0.4 is 10.6 Å². The van der Waals surface area contributed by atoms with Crippen molar-refractivity contribution >= 4 is 18.3 Å². The van der Waals surface area contributed by atoms with Crippen molar-refractivity contribution in [2.24, 2.45) is 0 Å². The van der Waals surface area contributed by atoms with Crippen LogP contribution in [0.25, 0.3) is 0 Å². The van der Waals surface area contributed by atoms with Crippen LogP contribution in [0.2, 0.25) is 0 Å². The Morgan fingerprint density at radius 1 is 1.60 bits per heavy atom. The van der Waals surface area contributed by atoms with Crippen molar-refractivity contribution in [1.29, 1.82) is 0 Å². The van der Waals surface area contributed by atoms with Crippen molar-refractivity contribution in [3.63, 3.8) is 0 Å². The lowest BCUT2D eigenvalue weighted by atomic mass is 10.1. The van der Waals surface area contributed by atoms with Gasteiger partial charge < -0.3 is 15.4 Å². The third-order valence-electron chi connectivity index (χ3n) is 2.54. The summed E-state index contributed by atoms with van der Waals surface area (Å²) in [5, 5.41) is 5.82. The molecule has 0 aromatic heterocycles. The average molecular weight is 237 g/mol. The van der Waals surface area contributed by atoms with Gasteiger partial charge in [-0.2, -0.15) is 0 Å². The largest absolute Gasteiger partial charge is 0.376 e. The zero-order chi connectivity index (χ0) is 10.4. The summed E-state index contributed by atoms with van der Waals surface area (Å²) in [6.07, 6.45) is 3.34. The molecule has 1 fully saturated rings. The molecule has 90 valence electrons. The zero-order valence-corrected chi connectivity index (χ0v) is 10.2. The van der Waals surface area contributed by atoms with Crippen molar-refractivity contribution in [2.75, 3.05) is 20.2 Å². The molecular weight excluding hydrogens is 216 g/mol. The molecule has 1 aliphatic rings. The molecule has 0 spiro atoms. The first kappa shape index (κ1) is 14.7. The van der Waals surface area contributed by atoms with E-state index in [1.165, 1.54) is 0 Å². The molecule has 1 saturated heterocycles. The van der Waals surface area contributed by atoms with Crippen molar-refractivity contribution in [3.05, 3.63) is 0 Å². The summed E-state index contributed by atoms with van der Waals surface area (Å²) in [5.74, 6) is 0.0508. The standard InChI is InChI=1S/C10H20N2O2.ClH/c1-3-8(9-5-4-6-14-9)12-10(13)7-11-2;/h8-9,11H,3-7H2,1-2H3,(H,12,13);1H. The van der Waals surface area contributed by atoms with Gasteiger partial charge in [-0.3, -0.25) is 4.79 Å². The maximum Gasteiger partial charge on any atom is 0.234 e. The second-order valence-electron chi connectivity index (χ2n) is 3.66. The Morgan fingerprint density at radius 2 is 2.33 bits per heavy atom. The molecule has 0 radical (unpaired) electrons. The van der Waals surface area contributed by atoms with Crippen molar-refractivity contribution < 1.29 is 9.53 Å². The minimum atomic E-state index is 0. The monoisotopic (exact) mass is 236 g/mol. The third kappa shape index (κ3) is 4.82. The van der Waals surface area contributed by atoms with Gasteiger partial charge in [0.2, 0.25) is 5.91 Å². The number of carbonyl (C=O) groups is 1. The fourth-order valence-corrected chi connectivity index (χ4v) is 1.80. The lowest BCUT2D eigenvalue weighted by Gasteiger charge is -2.22. The molecule has 1 amide bonds. The molecule has 1 heterocycles. The summed E-state index contributed by atoms with van der Waals surface area (Å²) >= 11 is 0. The van der Waals surface area contributed by atoms with E-state index in [0.717, 1.165) is 25.9 Å². The molecule has 2 N–H and O–H groups in total. The molecule has 1 aliphatic heterocycles. The molecule has 4 nitrogen and oxygen atoms in total. The van der Waals surface area contributed by atoms with E-state index >= 15 is 0 Å². The van der Waals surface area contributed by atoms with E-state index in [4.69, 9.17) is 4.74 Å². The molecule has 0 bridgehead atoms. The zero-order valence-electron chi connectivity index (χ0n) is 9.41. The van der Waals surface area contributed by atoms with Gasteiger partial charge in [0, 0.05) is 6.61 Å². The first-order valence-electron chi connectivity index (χ1n) is 5.33. The molecular formula is C10H21ClN2O2. The second-order valence-corrected chi connectivity index (χ2v) is 3.66. The van der Waals surface area contributed by atoms with Gasteiger partial charge >= 0.3 is 0 Å². The van der Waals surface area contributed by atoms with Crippen molar-refractivity contribution in [3.8, 4) is 0 Å². The molecule has 1 rings (SSSR count). The fraction of sp³-hybridized carbons (Fsp3) is 0.900. The van der Waals surface area contributed by atoms with Crippen molar-refractivity contribution in [2.45, 2.75) is 38.3 Å². The van der Waals surface area contributed by atoms with E-state index in [2.05, 4.69) is 17.6 Å². The normalized spacial score (nSPS) is 21.9. The highest BCUT2D eigenvalue weighted by Gasteiger charge is 2.25. The molecule has 15 heavy (non-hydrogen) atoms. The second kappa shape index (κ2) is 7.91. The molecule has 0 saturated carbocycles. The molecule has 2 unspecified atom stereocenters. The van der Waals surface area contributed by atoms with Gasteiger partial charge in [-0.15, -0.1) is 12.4 Å². The first-order valence-corrected chi connectivity index (χ1v) is 5.33. The number of hydrogen-bond donors (Lipinski definition) is 2. The van der Waals surface area contributed by atoms with Gasteiger partial charge in [0.15, 0.2) is 0 Å². The SMILES string of the molecule is CCC(NC(=O)CNC)C1CCCO1.Cl. The number of carbonyl (C=O) groups excluding carboxylic acids is 1. The van der Waals surface area contributed by atoms with Crippen LogP contribution in [0.15, 0.2) is 0 Å².